The Morgan fingerprint density at radius 3 is 2.73 bits per heavy atom. The maximum Gasteiger partial charge on any atom is 0.266 e. The number of rotatable bonds is 9. The van der Waals surface area contributed by atoms with Gasteiger partial charge in [-0.25, -0.2) is 0 Å². The summed E-state index contributed by atoms with van der Waals surface area (Å²) in [5, 5.41) is 12.2. The lowest BCUT2D eigenvalue weighted by Gasteiger charge is -2.13. The first-order valence-electron chi connectivity index (χ1n) is 9.19. The third kappa shape index (κ3) is 6.39. The van der Waals surface area contributed by atoms with Crippen molar-refractivity contribution >= 4 is 33.6 Å². The molecule has 2 aromatic carbocycles. The van der Waals surface area contributed by atoms with E-state index in [0.29, 0.717) is 39.6 Å². The number of nitrogens with one attached hydrogen (secondary N) is 1. The highest BCUT2D eigenvalue weighted by Gasteiger charge is 2.14. The minimum atomic E-state index is -0.527. The number of anilines is 1. The number of carbonyl (C=O) groups is 1. The molecule has 0 bridgehead atoms. The zero-order valence-corrected chi connectivity index (χ0v) is 18.7. The Morgan fingerprint density at radius 2 is 2.10 bits per heavy atom. The van der Waals surface area contributed by atoms with Crippen LogP contribution in [0.5, 0.6) is 17.2 Å². The third-order valence-corrected chi connectivity index (χ3v) is 4.33. The van der Waals surface area contributed by atoms with E-state index in [4.69, 9.17) is 14.2 Å². The first kappa shape index (κ1) is 23.0. The summed E-state index contributed by atoms with van der Waals surface area (Å²) < 4.78 is 17.2. The van der Waals surface area contributed by atoms with Gasteiger partial charge in [-0.2, -0.15) is 5.26 Å². The molecule has 0 fully saturated rings. The van der Waals surface area contributed by atoms with Gasteiger partial charge in [-0.1, -0.05) is 18.7 Å². The Bertz CT molecular complexity index is 993. The number of amides is 1. The Labute approximate surface area is 184 Å². The van der Waals surface area contributed by atoms with Crippen molar-refractivity contribution in [2.45, 2.75) is 20.0 Å². The lowest BCUT2D eigenvalue weighted by Crippen LogP contribution is -2.13. The Morgan fingerprint density at radius 1 is 1.33 bits per heavy atom. The van der Waals surface area contributed by atoms with Crippen molar-refractivity contribution < 1.29 is 19.0 Å². The molecule has 0 aromatic heterocycles. The third-order valence-electron chi connectivity index (χ3n) is 3.74. The fraction of sp³-hybridized carbons (Fsp3) is 0.217. The summed E-state index contributed by atoms with van der Waals surface area (Å²) in [6.07, 6.45) is 3.12. The van der Waals surface area contributed by atoms with Gasteiger partial charge in [-0.05, 0) is 65.7 Å². The van der Waals surface area contributed by atoms with Gasteiger partial charge in [0.15, 0.2) is 11.5 Å². The molecule has 0 heterocycles. The largest absolute Gasteiger partial charge is 0.493 e. The number of hydrogen-bond donors (Lipinski definition) is 1. The number of ether oxygens (including phenoxy) is 3. The quantitative estimate of drug-likeness (QED) is 0.303. The van der Waals surface area contributed by atoms with Crippen molar-refractivity contribution in [1.29, 1.82) is 5.26 Å². The van der Waals surface area contributed by atoms with Gasteiger partial charge in [0, 0.05) is 11.8 Å². The van der Waals surface area contributed by atoms with E-state index in [0.717, 1.165) is 0 Å². The molecule has 30 heavy (non-hydrogen) atoms. The molecule has 1 amide bonds. The molecule has 0 radical (unpaired) electrons. The molecule has 2 rings (SSSR count). The van der Waals surface area contributed by atoms with Crippen molar-refractivity contribution in [2.24, 2.45) is 0 Å². The van der Waals surface area contributed by atoms with Crippen LogP contribution >= 0.6 is 15.9 Å². The highest BCUT2D eigenvalue weighted by molar-refractivity contribution is 9.10. The van der Waals surface area contributed by atoms with Crippen LogP contribution in [-0.4, -0.2) is 25.7 Å². The lowest BCUT2D eigenvalue weighted by atomic mass is 10.1. The van der Waals surface area contributed by atoms with Crippen LogP contribution in [0.15, 0.2) is 59.1 Å². The highest BCUT2D eigenvalue weighted by Crippen LogP contribution is 2.37. The van der Waals surface area contributed by atoms with E-state index in [9.17, 15) is 10.1 Å². The molecule has 0 aliphatic heterocycles. The number of methoxy groups -OCH3 is 1. The molecule has 0 saturated heterocycles. The first-order chi connectivity index (χ1) is 14.4. The molecular formula is C23H23BrN2O4. The first-order valence-corrected chi connectivity index (χ1v) is 9.98. The van der Waals surface area contributed by atoms with Crippen LogP contribution in [0.25, 0.3) is 6.08 Å². The number of hydrogen-bond acceptors (Lipinski definition) is 5. The minimum Gasteiger partial charge on any atom is -0.493 e. The topological polar surface area (TPSA) is 80.6 Å². The summed E-state index contributed by atoms with van der Waals surface area (Å²) >= 11 is 3.43. The second-order valence-electron chi connectivity index (χ2n) is 6.45. The Balaban J connectivity index is 2.26. The second-order valence-corrected chi connectivity index (χ2v) is 7.31. The summed E-state index contributed by atoms with van der Waals surface area (Å²) in [6, 6.07) is 12.4. The average Bonchev–Trinajstić information content (AvgIpc) is 2.70. The van der Waals surface area contributed by atoms with E-state index in [1.165, 1.54) is 13.2 Å². The summed E-state index contributed by atoms with van der Waals surface area (Å²) in [4.78, 5) is 12.6. The number of benzene rings is 2. The predicted molar refractivity (Wildman–Crippen MR) is 121 cm³/mol. The standard InChI is InChI=1S/C23H23BrN2O4/c1-5-9-29-22-20(24)11-16(12-21(22)28-4)10-17(14-25)23(27)26-18-7-6-8-19(13-18)30-15(2)3/h5-8,10-13,15H,1,9H2,2-4H3,(H,26,27)/b17-10-. The van der Waals surface area contributed by atoms with E-state index >= 15 is 0 Å². The molecule has 2 aromatic rings. The molecular weight excluding hydrogens is 448 g/mol. The molecule has 156 valence electrons. The van der Waals surface area contributed by atoms with E-state index in [1.807, 2.05) is 19.9 Å². The second kappa shape index (κ2) is 11.1. The predicted octanol–water partition coefficient (Wildman–Crippen LogP) is 5.36. The van der Waals surface area contributed by atoms with Crippen molar-refractivity contribution in [2.75, 3.05) is 19.0 Å². The van der Waals surface area contributed by atoms with Crippen molar-refractivity contribution in [3.63, 3.8) is 0 Å². The minimum absolute atomic E-state index is 0.0115. The van der Waals surface area contributed by atoms with Gasteiger partial charge in [-0.15, -0.1) is 0 Å². The zero-order valence-electron chi connectivity index (χ0n) is 17.1. The van der Waals surface area contributed by atoms with Crippen LogP contribution in [0.1, 0.15) is 19.4 Å². The van der Waals surface area contributed by atoms with Crippen molar-refractivity contribution in [3.05, 3.63) is 64.7 Å². The Hall–Kier alpha value is -3.24. The smallest absolute Gasteiger partial charge is 0.266 e. The van der Waals surface area contributed by atoms with Crippen LogP contribution < -0.4 is 19.5 Å². The molecule has 0 saturated carbocycles. The van der Waals surface area contributed by atoms with Crippen LogP contribution in [-0.2, 0) is 4.79 Å². The van der Waals surface area contributed by atoms with Crippen LogP contribution in [0.3, 0.4) is 0 Å². The summed E-state index contributed by atoms with van der Waals surface area (Å²) in [6.45, 7) is 7.78. The fourth-order valence-electron chi connectivity index (χ4n) is 2.54. The van der Waals surface area contributed by atoms with E-state index in [1.54, 1.807) is 42.5 Å². The molecule has 1 N–H and O–H groups in total. The summed E-state index contributed by atoms with van der Waals surface area (Å²) in [5.74, 6) is 1.09. The molecule has 6 nitrogen and oxygen atoms in total. The maximum atomic E-state index is 12.6. The summed E-state index contributed by atoms with van der Waals surface area (Å²) in [7, 11) is 1.51. The molecule has 0 atom stereocenters. The fourth-order valence-corrected chi connectivity index (χ4v) is 3.11. The van der Waals surface area contributed by atoms with Gasteiger partial charge in [0.2, 0.25) is 0 Å². The van der Waals surface area contributed by atoms with Crippen molar-refractivity contribution in [1.82, 2.24) is 0 Å². The van der Waals surface area contributed by atoms with Gasteiger partial charge in [0.05, 0.1) is 17.7 Å². The molecule has 7 heteroatoms. The molecule has 0 aliphatic rings. The maximum absolute atomic E-state index is 12.6. The normalized spacial score (nSPS) is 10.9. The van der Waals surface area contributed by atoms with Crippen molar-refractivity contribution in [3.8, 4) is 23.3 Å². The van der Waals surface area contributed by atoms with E-state index in [2.05, 4.69) is 27.8 Å². The van der Waals surface area contributed by atoms with Gasteiger partial charge in [0.1, 0.15) is 24.0 Å². The number of halogens is 1. The summed E-state index contributed by atoms with van der Waals surface area (Å²) in [5.41, 5.74) is 1.08. The van der Waals surface area contributed by atoms with Gasteiger partial charge < -0.3 is 19.5 Å². The van der Waals surface area contributed by atoms with Gasteiger partial charge in [0.25, 0.3) is 5.91 Å². The number of carbonyl (C=O) groups excluding carboxylic acids is 1. The van der Waals surface area contributed by atoms with E-state index in [-0.39, 0.29) is 11.7 Å². The van der Waals surface area contributed by atoms with E-state index < -0.39 is 5.91 Å². The van der Waals surface area contributed by atoms with Gasteiger partial charge in [-0.3, -0.25) is 4.79 Å². The van der Waals surface area contributed by atoms with Crippen LogP contribution in [0, 0.1) is 11.3 Å². The average molecular weight is 471 g/mol. The monoisotopic (exact) mass is 470 g/mol. The molecule has 0 spiro atoms. The number of nitriles is 1. The SMILES string of the molecule is C=CCOc1c(Br)cc(/C=C(/C#N)C(=O)Nc2cccc(OC(C)C)c2)cc1OC. The van der Waals surface area contributed by atoms with Crippen LogP contribution in [0.2, 0.25) is 0 Å². The van der Waals surface area contributed by atoms with Gasteiger partial charge >= 0.3 is 0 Å². The zero-order chi connectivity index (χ0) is 22.1. The number of nitrogens with zero attached hydrogens (tertiary/aromatic N) is 1. The highest BCUT2D eigenvalue weighted by atomic mass is 79.9. The molecule has 0 aliphatic carbocycles. The van der Waals surface area contributed by atoms with Crippen LogP contribution in [0.4, 0.5) is 5.69 Å². The lowest BCUT2D eigenvalue weighted by molar-refractivity contribution is -0.112. The molecule has 0 unspecified atom stereocenters. The Kier molecular flexibility index (Phi) is 8.51.